The predicted molar refractivity (Wildman–Crippen MR) is 65.6 cm³/mol. The Morgan fingerprint density at radius 2 is 2.35 bits per heavy atom. The van der Waals surface area contributed by atoms with Gasteiger partial charge in [-0.3, -0.25) is 0 Å². The van der Waals surface area contributed by atoms with Crippen LogP contribution in [0.3, 0.4) is 0 Å². The van der Waals surface area contributed by atoms with Crippen LogP contribution in [-0.2, 0) is 6.54 Å². The van der Waals surface area contributed by atoms with Crippen molar-refractivity contribution in [2.45, 2.75) is 26.0 Å². The number of ether oxygens (including phenoxy) is 1. The fourth-order valence-electron chi connectivity index (χ4n) is 1.39. The summed E-state index contributed by atoms with van der Waals surface area (Å²) in [6.07, 6.45) is 0.450. The van der Waals surface area contributed by atoms with Gasteiger partial charge in [0.05, 0.1) is 6.10 Å². The van der Waals surface area contributed by atoms with E-state index in [1.807, 2.05) is 37.3 Å². The minimum absolute atomic E-state index is 0.0609. The van der Waals surface area contributed by atoms with E-state index in [-0.39, 0.29) is 12.7 Å². The van der Waals surface area contributed by atoms with Gasteiger partial charge in [-0.05, 0) is 24.1 Å². The number of benzene rings is 1. The number of aliphatic hydroxyl groups is 1. The average Bonchev–Trinajstić information content (AvgIpc) is 2.36. The fourth-order valence-corrected chi connectivity index (χ4v) is 1.39. The van der Waals surface area contributed by atoms with Crippen molar-refractivity contribution >= 4 is 0 Å². The minimum Gasteiger partial charge on any atom is -0.479 e. The molecule has 1 unspecified atom stereocenters. The molecule has 0 heterocycles. The Hall–Kier alpha value is -1.57. The summed E-state index contributed by atoms with van der Waals surface area (Å²) in [5.41, 5.74) is 1.07. The van der Waals surface area contributed by atoms with Gasteiger partial charge >= 0.3 is 0 Å². The van der Waals surface area contributed by atoms with Gasteiger partial charge in [-0.1, -0.05) is 19.1 Å². The van der Waals surface area contributed by atoms with E-state index in [2.05, 4.69) is 5.32 Å². The predicted octanol–water partition coefficient (Wildman–Crippen LogP) is 1.45. The number of hydrogen-bond acceptors (Lipinski definition) is 4. The molecule has 17 heavy (non-hydrogen) atoms. The third kappa shape index (κ3) is 5.34. The molecule has 0 spiro atoms. The molecule has 0 aromatic heterocycles. The molecule has 0 aliphatic rings. The van der Waals surface area contributed by atoms with Gasteiger partial charge in [0.15, 0.2) is 6.61 Å². The van der Waals surface area contributed by atoms with Crippen LogP contribution < -0.4 is 10.1 Å². The SMILES string of the molecule is CCC(O)CNCc1cccc(OCC#N)c1. The van der Waals surface area contributed by atoms with E-state index in [4.69, 9.17) is 10.00 Å². The summed E-state index contributed by atoms with van der Waals surface area (Å²) in [4.78, 5) is 0. The van der Waals surface area contributed by atoms with E-state index >= 15 is 0 Å². The highest BCUT2D eigenvalue weighted by molar-refractivity contribution is 5.28. The molecule has 1 rings (SSSR count). The number of hydrogen-bond donors (Lipinski definition) is 2. The molecular weight excluding hydrogens is 216 g/mol. The van der Waals surface area contributed by atoms with Crippen LogP contribution in [0.1, 0.15) is 18.9 Å². The van der Waals surface area contributed by atoms with Gasteiger partial charge in [-0.15, -0.1) is 0 Å². The molecule has 0 aliphatic heterocycles. The molecule has 0 fully saturated rings. The highest BCUT2D eigenvalue weighted by atomic mass is 16.5. The Labute approximate surface area is 102 Å². The van der Waals surface area contributed by atoms with E-state index in [0.29, 0.717) is 18.8 Å². The van der Waals surface area contributed by atoms with E-state index in [1.165, 1.54) is 0 Å². The molecule has 0 bridgehead atoms. The maximum atomic E-state index is 9.38. The molecule has 1 atom stereocenters. The molecule has 92 valence electrons. The van der Waals surface area contributed by atoms with Gasteiger partial charge in [0.1, 0.15) is 11.8 Å². The van der Waals surface area contributed by atoms with Crippen molar-refractivity contribution in [1.82, 2.24) is 5.32 Å². The van der Waals surface area contributed by atoms with E-state index in [0.717, 1.165) is 12.0 Å². The monoisotopic (exact) mass is 234 g/mol. The zero-order chi connectivity index (χ0) is 12.5. The van der Waals surface area contributed by atoms with E-state index < -0.39 is 0 Å². The third-order valence-corrected chi connectivity index (χ3v) is 2.38. The van der Waals surface area contributed by atoms with E-state index in [1.54, 1.807) is 0 Å². The zero-order valence-corrected chi connectivity index (χ0v) is 10.0. The van der Waals surface area contributed by atoms with Crippen LogP contribution in [0.2, 0.25) is 0 Å². The van der Waals surface area contributed by atoms with Crippen LogP contribution >= 0.6 is 0 Å². The van der Waals surface area contributed by atoms with Crippen LogP contribution in [-0.4, -0.2) is 24.4 Å². The first kappa shape index (κ1) is 13.5. The van der Waals surface area contributed by atoms with Crippen molar-refractivity contribution in [3.8, 4) is 11.8 Å². The Morgan fingerprint density at radius 1 is 1.53 bits per heavy atom. The lowest BCUT2D eigenvalue weighted by Crippen LogP contribution is -2.25. The molecule has 0 radical (unpaired) electrons. The second-order valence-corrected chi connectivity index (χ2v) is 3.79. The molecule has 0 aliphatic carbocycles. The second-order valence-electron chi connectivity index (χ2n) is 3.79. The molecule has 1 aromatic carbocycles. The lowest BCUT2D eigenvalue weighted by molar-refractivity contribution is 0.167. The first-order valence-electron chi connectivity index (χ1n) is 5.73. The fraction of sp³-hybridized carbons (Fsp3) is 0.462. The molecule has 1 aromatic rings. The summed E-state index contributed by atoms with van der Waals surface area (Å²) >= 11 is 0. The number of aliphatic hydroxyl groups excluding tert-OH is 1. The first-order valence-corrected chi connectivity index (χ1v) is 5.73. The number of rotatable bonds is 7. The Balaban J connectivity index is 2.40. The van der Waals surface area contributed by atoms with Gasteiger partial charge in [0.25, 0.3) is 0 Å². The van der Waals surface area contributed by atoms with Crippen molar-refractivity contribution in [1.29, 1.82) is 5.26 Å². The van der Waals surface area contributed by atoms with E-state index in [9.17, 15) is 5.11 Å². The summed E-state index contributed by atoms with van der Waals surface area (Å²) in [6, 6.07) is 9.51. The summed E-state index contributed by atoms with van der Waals surface area (Å²) in [6.45, 7) is 3.27. The van der Waals surface area contributed by atoms with Gasteiger partial charge in [0.2, 0.25) is 0 Å². The Morgan fingerprint density at radius 3 is 3.06 bits per heavy atom. The van der Waals surface area contributed by atoms with Gasteiger partial charge in [-0.2, -0.15) is 5.26 Å². The lowest BCUT2D eigenvalue weighted by Gasteiger charge is -2.10. The largest absolute Gasteiger partial charge is 0.479 e. The van der Waals surface area contributed by atoms with Gasteiger partial charge in [-0.25, -0.2) is 0 Å². The first-order chi connectivity index (χ1) is 8.26. The van der Waals surface area contributed by atoms with Crippen LogP contribution in [0.15, 0.2) is 24.3 Å². The topological polar surface area (TPSA) is 65.3 Å². The average molecular weight is 234 g/mol. The van der Waals surface area contributed by atoms with Crippen molar-refractivity contribution in [3.63, 3.8) is 0 Å². The smallest absolute Gasteiger partial charge is 0.174 e. The lowest BCUT2D eigenvalue weighted by atomic mass is 10.2. The maximum absolute atomic E-state index is 9.38. The normalized spacial score (nSPS) is 11.8. The molecule has 2 N–H and O–H groups in total. The standard InChI is InChI=1S/C13H18N2O2/c1-2-12(16)10-15-9-11-4-3-5-13(8-11)17-7-6-14/h3-5,8,12,15-16H,2,7,9-10H2,1H3. The zero-order valence-electron chi connectivity index (χ0n) is 10.0. The quantitative estimate of drug-likeness (QED) is 0.749. The minimum atomic E-state index is -0.298. The molecule has 0 saturated carbocycles. The maximum Gasteiger partial charge on any atom is 0.174 e. The van der Waals surface area contributed by atoms with Crippen molar-refractivity contribution in [2.24, 2.45) is 0 Å². The van der Waals surface area contributed by atoms with Crippen LogP contribution in [0.25, 0.3) is 0 Å². The summed E-state index contributed by atoms with van der Waals surface area (Å²) in [5.74, 6) is 0.696. The van der Waals surface area contributed by atoms with Crippen molar-refractivity contribution < 1.29 is 9.84 Å². The molecule has 4 heteroatoms. The second kappa shape index (κ2) is 7.66. The van der Waals surface area contributed by atoms with Crippen LogP contribution in [0.4, 0.5) is 0 Å². The summed E-state index contributed by atoms with van der Waals surface area (Å²) in [7, 11) is 0. The number of nitrogens with one attached hydrogen (secondary N) is 1. The van der Waals surface area contributed by atoms with Crippen molar-refractivity contribution in [2.75, 3.05) is 13.2 Å². The summed E-state index contributed by atoms with van der Waals surface area (Å²) < 4.78 is 5.21. The molecule has 4 nitrogen and oxygen atoms in total. The van der Waals surface area contributed by atoms with Gasteiger partial charge in [0, 0.05) is 13.1 Å². The molecular formula is C13H18N2O2. The Kier molecular flexibility index (Phi) is 6.08. The number of nitrogens with zero attached hydrogens (tertiary/aromatic N) is 1. The highest BCUT2D eigenvalue weighted by Gasteiger charge is 2.00. The number of nitriles is 1. The Bertz CT molecular complexity index is 374. The van der Waals surface area contributed by atoms with Crippen LogP contribution in [0, 0.1) is 11.3 Å². The molecule has 0 amide bonds. The summed E-state index contributed by atoms with van der Waals surface area (Å²) in [5, 5.41) is 21.0. The van der Waals surface area contributed by atoms with Crippen molar-refractivity contribution in [3.05, 3.63) is 29.8 Å². The van der Waals surface area contributed by atoms with Gasteiger partial charge < -0.3 is 15.2 Å². The van der Waals surface area contributed by atoms with Crippen LogP contribution in [0.5, 0.6) is 5.75 Å². The third-order valence-electron chi connectivity index (χ3n) is 2.38. The highest BCUT2D eigenvalue weighted by Crippen LogP contribution is 2.12. The molecule has 0 saturated heterocycles.